The van der Waals surface area contributed by atoms with E-state index >= 15 is 0 Å². The number of hydrogen-bond donors (Lipinski definition) is 2. The molecule has 0 radical (unpaired) electrons. The number of hydrogen-bond acceptors (Lipinski definition) is 2. The minimum atomic E-state index is -0.159. The Morgan fingerprint density at radius 3 is 2.68 bits per heavy atom. The monoisotopic (exact) mass is 344 g/mol. The third-order valence-corrected chi connectivity index (χ3v) is 4.58. The van der Waals surface area contributed by atoms with Gasteiger partial charge in [0.15, 0.2) is 0 Å². The van der Waals surface area contributed by atoms with Gasteiger partial charge in [-0.25, -0.2) is 0 Å². The first kappa shape index (κ1) is 14.8. The van der Waals surface area contributed by atoms with E-state index in [9.17, 15) is 4.79 Å². The average Bonchev–Trinajstić information content (AvgIpc) is 2.40. The van der Waals surface area contributed by atoms with Gasteiger partial charge in [0.2, 0.25) is 5.91 Å². The maximum absolute atomic E-state index is 11.1. The molecule has 0 aromatic heterocycles. The molecular formula is C14H18BrClN2O. The second kappa shape index (κ2) is 6.73. The zero-order valence-corrected chi connectivity index (χ0v) is 13.0. The van der Waals surface area contributed by atoms with Crippen LogP contribution in [0.2, 0.25) is 5.02 Å². The summed E-state index contributed by atoms with van der Waals surface area (Å²) < 4.78 is 1.03. The van der Waals surface area contributed by atoms with Gasteiger partial charge in [0.1, 0.15) is 0 Å². The van der Waals surface area contributed by atoms with Gasteiger partial charge in [-0.05, 0) is 49.4 Å². The van der Waals surface area contributed by atoms with E-state index in [4.69, 9.17) is 17.3 Å². The van der Waals surface area contributed by atoms with Crippen molar-refractivity contribution in [2.45, 2.75) is 38.3 Å². The molecule has 1 aromatic rings. The molecule has 5 heteroatoms. The fourth-order valence-electron chi connectivity index (χ4n) is 2.52. The summed E-state index contributed by atoms with van der Waals surface area (Å²) in [5, 5.41) is 4.29. The molecule has 0 heterocycles. The first-order chi connectivity index (χ1) is 9.06. The fourth-order valence-corrected chi connectivity index (χ4v) is 3.11. The molecule has 1 aliphatic rings. The molecule has 19 heavy (non-hydrogen) atoms. The third kappa shape index (κ3) is 4.20. The Morgan fingerprint density at radius 2 is 2.05 bits per heavy atom. The first-order valence-electron chi connectivity index (χ1n) is 6.53. The number of carbonyl (C=O) groups excluding carboxylic acids is 1. The van der Waals surface area contributed by atoms with Gasteiger partial charge >= 0.3 is 0 Å². The van der Waals surface area contributed by atoms with Gasteiger partial charge in [-0.2, -0.15) is 0 Å². The molecule has 3 nitrogen and oxygen atoms in total. The second-order valence-corrected chi connectivity index (χ2v) is 6.39. The maximum atomic E-state index is 11.1. The van der Waals surface area contributed by atoms with Crippen molar-refractivity contribution in [2.24, 2.45) is 11.7 Å². The quantitative estimate of drug-likeness (QED) is 0.880. The van der Waals surface area contributed by atoms with E-state index in [0.717, 1.165) is 47.3 Å². The van der Waals surface area contributed by atoms with Gasteiger partial charge in [0, 0.05) is 28.0 Å². The van der Waals surface area contributed by atoms with E-state index in [1.54, 1.807) is 0 Å². The Labute approximate surface area is 127 Å². The molecule has 1 aliphatic carbocycles. The molecule has 0 atom stereocenters. The van der Waals surface area contributed by atoms with Crippen LogP contribution in [0.4, 0.5) is 0 Å². The third-order valence-electron chi connectivity index (χ3n) is 3.72. The number of amides is 1. The average molecular weight is 346 g/mol. The topological polar surface area (TPSA) is 55.1 Å². The van der Waals surface area contributed by atoms with Crippen molar-refractivity contribution in [1.29, 1.82) is 0 Å². The van der Waals surface area contributed by atoms with Crippen LogP contribution in [-0.4, -0.2) is 11.9 Å². The van der Waals surface area contributed by atoms with Gasteiger partial charge in [-0.1, -0.05) is 27.5 Å². The Hall–Kier alpha value is -0.580. The van der Waals surface area contributed by atoms with Gasteiger partial charge < -0.3 is 11.1 Å². The van der Waals surface area contributed by atoms with E-state index in [1.807, 2.05) is 18.2 Å². The van der Waals surface area contributed by atoms with E-state index in [-0.39, 0.29) is 11.8 Å². The van der Waals surface area contributed by atoms with Crippen LogP contribution in [0.25, 0.3) is 0 Å². The molecule has 0 bridgehead atoms. The smallest absolute Gasteiger partial charge is 0.220 e. The molecule has 104 valence electrons. The van der Waals surface area contributed by atoms with E-state index < -0.39 is 0 Å². The van der Waals surface area contributed by atoms with E-state index in [2.05, 4.69) is 21.2 Å². The number of nitrogens with two attached hydrogens (primary N) is 1. The summed E-state index contributed by atoms with van der Waals surface area (Å²) in [5.74, 6) is -0.0963. The van der Waals surface area contributed by atoms with Crippen molar-refractivity contribution in [1.82, 2.24) is 5.32 Å². The van der Waals surface area contributed by atoms with Crippen molar-refractivity contribution in [3.8, 4) is 0 Å². The highest BCUT2D eigenvalue weighted by Crippen LogP contribution is 2.25. The predicted molar refractivity (Wildman–Crippen MR) is 80.9 cm³/mol. The zero-order valence-electron chi connectivity index (χ0n) is 10.7. The summed E-state index contributed by atoms with van der Waals surface area (Å²) in [7, 11) is 0. The summed E-state index contributed by atoms with van der Waals surface area (Å²) in [6.07, 6.45) is 3.77. The van der Waals surface area contributed by atoms with E-state index in [0.29, 0.717) is 6.04 Å². The summed E-state index contributed by atoms with van der Waals surface area (Å²) in [6.45, 7) is 0.754. The van der Waals surface area contributed by atoms with Crippen LogP contribution < -0.4 is 11.1 Å². The highest BCUT2D eigenvalue weighted by Gasteiger charge is 2.24. The van der Waals surface area contributed by atoms with Crippen molar-refractivity contribution in [3.05, 3.63) is 33.3 Å². The summed E-state index contributed by atoms with van der Waals surface area (Å²) in [6, 6.07) is 6.31. The Morgan fingerprint density at radius 1 is 1.37 bits per heavy atom. The molecule has 1 aromatic carbocycles. The lowest BCUT2D eigenvalue weighted by molar-refractivity contribution is -0.122. The van der Waals surface area contributed by atoms with Crippen molar-refractivity contribution < 1.29 is 4.79 Å². The molecule has 0 unspecified atom stereocenters. The number of benzene rings is 1. The summed E-state index contributed by atoms with van der Waals surface area (Å²) >= 11 is 9.60. The van der Waals surface area contributed by atoms with Crippen LogP contribution >= 0.6 is 27.5 Å². The summed E-state index contributed by atoms with van der Waals surface area (Å²) in [5.41, 5.74) is 6.42. The first-order valence-corrected chi connectivity index (χ1v) is 7.70. The van der Waals surface area contributed by atoms with Crippen LogP contribution in [-0.2, 0) is 11.3 Å². The van der Waals surface area contributed by atoms with Crippen LogP contribution in [0.1, 0.15) is 31.2 Å². The molecule has 0 aliphatic heterocycles. The normalized spacial score (nSPS) is 23.3. The van der Waals surface area contributed by atoms with Crippen LogP contribution in [0.15, 0.2) is 22.7 Å². The fraction of sp³-hybridized carbons (Fsp3) is 0.500. The van der Waals surface area contributed by atoms with Gasteiger partial charge in [0.05, 0.1) is 0 Å². The number of carbonyl (C=O) groups is 1. The molecule has 0 saturated heterocycles. The lowest BCUT2D eigenvalue weighted by Crippen LogP contribution is -2.36. The molecule has 3 N–H and O–H groups in total. The maximum Gasteiger partial charge on any atom is 0.220 e. The zero-order chi connectivity index (χ0) is 13.8. The lowest BCUT2D eigenvalue weighted by Gasteiger charge is -2.27. The van der Waals surface area contributed by atoms with Crippen LogP contribution in [0.3, 0.4) is 0 Å². The molecule has 2 rings (SSSR count). The minimum Gasteiger partial charge on any atom is -0.369 e. The van der Waals surface area contributed by atoms with Crippen LogP contribution in [0, 0.1) is 5.92 Å². The molecule has 0 spiro atoms. The Kier molecular flexibility index (Phi) is 5.25. The van der Waals surface area contributed by atoms with Crippen molar-refractivity contribution in [2.75, 3.05) is 0 Å². The SMILES string of the molecule is NC(=O)C1CCC(NCc2cc(Br)ccc2Cl)CC1. The van der Waals surface area contributed by atoms with Crippen molar-refractivity contribution in [3.63, 3.8) is 0 Å². The highest BCUT2D eigenvalue weighted by atomic mass is 79.9. The standard InChI is InChI=1S/C14H18BrClN2O/c15-11-3-6-13(16)10(7-11)8-18-12-4-1-9(2-5-12)14(17)19/h3,6-7,9,12,18H,1-2,4-5,8H2,(H2,17,19). The van der Waals surface area contributed by atoms with Gasteiger partial charge in [0.25, 0.3) is 0 Å². The largest absolute Gasteiger partial charge is 0.369 e. The number of primary amides is 1. The lowest BCUT2D eigenvalue weighted by atomic mass is 9.85. The van der Waals surface area contributed by atoms with E-state index in [1.165, 1.54) is 0 Å². The molecule has 1 fully saturated rings. The Balaban J connectivity index is 1.83. The highest BCUT2D eigenvalue weighted by molar-refractivity contribution is 9.10. The Bertz CT molecular complexity index is 459. The van der Waals surface area contributed by atoms with Gasteiger partial charge in [-0.15, -0.1) is 0 Å². The summed E-state index contributed by atoms with van der Waals surface area (Å²) in [4.78, 5) is 11.1. The number of halogens is 2. The predicted octanol–water partition coefficient (Wildman–Crippen LogP) is 3.24. The molecule has 1 saturated carbocycles. The minimum absolute atomic E-state index is 0.0625. The van der Waals surface area contributed by atoms with Gasteiger partial charge in [-0.3, -0.25) is 4.79 Å². The second-order valence-electron chi connectivity index (χ2n) is 5.07. The van der Waals surface area contributed by atoms with Crippen molar-refractivity contribution >= 4 is 33.4 Å². The molecule has 1 amide bonds. The van der Waals surface area contributed by atoms with Crippen LogP contribution in [0.5, 0.6) is 0 Å². The number of nitrogens with one attached hydrogen (secondary N) is 1. The number of rotatable bonds is 4. The molecular weight excluding hydrogens is 328 g/mol.